The predicted octanol–water partition coefficient (Wildman–Crippen LogP) is 3.01. The zero-order chi connectivity index (χ0) is 14.6. The molecular weight excluding hydrogens is 292 g/mol. The van der Waals surface area contributed by atoms with Crippen LogP contribution in [0.3, 0.4) is 0 Å². The summed E-state index contributed by atoms with van der Waals surface area (Å²) in [7, 11) is 0. The van der Waals surface area contributed by atoms with Crippen molar-refractivity contribution in [1.29, 1.82) is 0 Å². The van der Waals surface area contributed by atoms with Crippen LogP contribution < -0.4 is 10.6 Å². The van der Waals surface area contributed by atoms with Crippen LogP contribution in [0.5, 0.6) is 0 Å². The zero-order valence-corrected chi connectivity index (χ0v) is 13.3. The topological polar surface area (TPSA) is 40.2 Å². The van der Waals surface area contributed by atoms with Crippen LogP contribution in [0.25, 0.3) is 10.2 Å². The molecule has 2 aromatic rings. The minimum absolute atomic E-state index is 0.273. The van der Waals surface area contributed by atoms with Crippen molar-refractivity contribution >= 4 is 26.7 Å². The second-order valence-electron chi connectivity index (χ2n) is 6.77. The summed E-state index contributed by atoms with van der Waals surface area (Å²) in [4.78, 5) is 7.29. The van der Waals surface area contributed by atoms with Gasteiger partial charge in [0.2, 0.25) is 0 Å². The Kier molecular flexibility index (Phi) is 2.76. The van der Waals surface area contributed by atoms with Crippen LogP contribution in [0.2, 0.25) is 0 Å². The summed E-state index contributed by atoms with van der Waals surface area (Å²) in [6.45, 7) is 3.77. The second-order valence-corrected chi connectivity index (χ2v) is 7.80. The number of nitrogens with one attached hydrogen (secondary N) is 2. The fraction of sp³-hybridized carbons (Fsp3) is 0.471. The molecule has 0 aliphatic carbocycles. The molecule has 22 heavy (non-hydrogen) atoms. The largest absolute Gasteiger partial charge is 0.365 e. The summed E-state index contributed by atoms with van der Waals surface area (Å²) in [5.41, 5.74) is 1.35. The average Bonchev–Trinajstić information content (AvgIpc) is 3.12. The fourth-order valence-electron chi connectivity index (χ4n) is 4.32. The standard InChI is InChI=1S/C17H20N4S/c1-2-4-14-13(3-1)18-16(22-14)19-15-5-8-17(20-15)11-21-9-6-12(17)7-10-21/h1-5,12,20H,6-11H2,(H,18,19)/t17-/m0/s1. The lowest BCUT2D eigenvalue weighted by atomic mass is 9.72. The number of hydrogen-bond donors (Lipinski definition) is 2. The van der Waals surface area contributed by atoms with E-state index < -0.39 is 0 Å². The molecule has 5 heteroatoms. The lowest BCUT2D eigenvalue weighted by Crippen LogP contribution is -2.64. The number of piperidine rings is 3. The highest BCUT2D eigenvalue weighted by Gasteiger charge is 2.48. The molecule has 3 saturated heterocycles. The summed E-state index contributed by atoms with van der Waals surface area (Å²) < 4.78 is 1.24. The number of para-hydroxylation sites is 1. The quantitative estimate of drug-likeness (QED) is 0.894. The second kappa shape index (κ2) is 4.70. The van der Waals surface area contributed by atoms with Crippen molar-refractivity contribution in [2.75, 3.05) is 25.0 Å². The Labute approximate surface area is 134 Å². The van der Waals surface area contributed by atoms with Gasteiger partial charge in [-0.05, 0) is 56.5 Å². The van der Waals surface area contributed by atoms with Gasteiger partial charge in [-0.1, -0.05) is 23.5 Å². The van der Waals surface area contributed by atoms with E-state index >= 15 is 0 Å². The van der Waals surface area contributed by atoms with Crippen LogP contribution in [0.15, 0.2) is 36.2 Å². The molecule has 1 aromatic carbocycles. The third kappa shape index (κ3) is 1.96. The van der Waals surface area contributed by atoms with Gasteiger partial charge in [0.15, 0.2) is 5.13 Å². The van der Waals surface area contributed by atoms with E-state index in [0.717, 1.165) is 28.8 Å². The third-order valence-corrected chi connectivity index (χ3v) is 6.42. The van der Waals surface area contributed by atoms with E-state index in [1.165, 1.54) is 37.2 Å². The van der Waals surface area contributed by atoms with Gasteiger partial charge < -0.3 is 15.5 Å². The highest BCUT2D eigenvalue weighted by atomic mass is 32.1. The van der Waals surface area contributed by atoms with Crippen molar-refractivity contribution in [2.45, 2.75) is 24.8 Å². The van der Waals surface area contributed by atoms with E-state index in [1.54, 1.807) is 11.3 Å². The van der Waals surface area contributed by atoms with Gasteiger partial charge in [-0.25, -0.2) is 4.98 Å². The van der Waals surface area contributed by atoms with E-state index in [4.69, 9.17) is 0 Å². The Bertz CT molecular complexity index is 711. The van der Waals surface area contributed by atoms with Crippen molar-refractivity contribution in [3.63, 3.8) is 0 Å². The average molecular weight is 312 g/mol. The minimum atomic E-state index is 0.273. The zero-order valence-electron chi connectivity index (χ0n) is 12.5. The number of rotatable bonds is 2. The van der Waals surface area contributed by atoms with E-state index in [-0.39, 0.29) is 5.54 Å². The van der Waals surface area contributed by atoms with Crippen molar-refractivity contribution in [3.8, 4) is 0 Å². The van der Waals surface area contributed by atoms with Gasteiger partial charge in [-0.2, -0.15) is 0 Å². The number of benzene rings is 1. The lowest BCUT2D eigenvalue weighted by molar-refractivity contribution is 0.0189. The molecule has 1 spiro atoms. The molecule has 3 fully saturated rings. The fourth-order valence-corrected chi connectivity index (χ4v) is 5.20. The number of fused-ring (bicyclic) bond motifs is 3. The highest BCUT2D eigenvalue weighted by Crippen LogP contribution is 2.41. The van der Waals surface area contributed by atoms with Crippen LogP contribution in [-0.4, -0.2) is 35.1 Å². The molecule has 5 heterocycles. The Morgan fingerprint density at radius 3 is 2.91 bits per heavy atom. The first-order valence-corrected chi connectivity index (χ1v) is 8.96. The molecule has 2 bridgehead atoms. The van der Waals surface area contributed by atoms with Crippen LogP contribution in [0.1, 0.15) is 19.3 Å². The number of thiazole rings is 1. The maximum Gasteiger partial charge on any atom is 0.189 e. The Balaban J connectivity index is 1.35. The normalized spacial score (nSPS) is 33.2. The molecule has 4 aliphatic heterocycles. The molecule has 4 aliphatic rings. The summed E-state index contributed by atoms with van der Waals surface area (Å²) in [6, 6.07) is 8.31. The predicted molar refractivity (Wildman–Crippen MR) is 91.0 cm³/mol. The van der Waals surface area contributed by atoms with Gasteiger partial charge >= 0.3 is 0 Å². The van der Waals surface area contributed by atoms with E-state index in [0.29, 0.717) is 0 Å². The minimum Gasteiger partial charge on any atom is -0.365 e. The molecule has 6 rings (SSSR count). The molecule has 0 saturated carbocycles. The van der Waals surface area contributed by atoms with E-state index in [2.05, 4.69) is 44.8 Å². The first-order chi connectivity index (χ1) is 10.8. The number of anilines is 1. The van der Waals surface area contributed by atoms with Gasteiger partial charge in [0, 0.05) is 6.54 Å². The number of nitrogens with zero attached hydrogens (tertiary/aromatic N) is 2. The smallest absolute Gasteiger partial charge is 0.189 e. The molecule has 1 atom stereocenters. The van der Waals surface area contributed by atoms with Crippen LogP contribution >= 0.6 is 11.3 Å². The van der Waals surface area contributed by atoms with Gasteiger partial charge in [0.25, 0.3) is 0 Å². The Morgan fingerprint density at radius 1 is 1.27 bits per heavy atom. The molecule has 0 amide bonds. The molecule has 114 valence electrons. The molecule has 4 nitrogen and oxygen atoms in total. The van der Waals surface area contributed by atoms with Crippen molar-refractivity contribution in [2.24, 2.45) is 5.92 Å². The van der Waals surface area contributed by atoms with Crippen LogP contribution in [0.4, 0.5) is 5.13 Å². The molecule has 2 N–H and O–H groups in total. The van der Waals surface area contributed by atoms with E-state index in [1.807, 2.05) is 6.07 Å². The SMILES string of the molecule is C1=C(Nc2nc3ccccc3s2)N[C@@]2(C1)CN1CCC2CC1. The lowest BCUT2D eigenvalue weighted by Gasteiger charge is -2.52. The molecule has 0 radical (unpaired) electrons. The molecule has 1 aromatic heterocycles. The van der Waals surface area contributed by atoms with Crippen LogP contribution in [-0.2, 0) is 0 Å². The third-order valence-electron chi connectivity index (χ3n) is 5.46. The molecular formula is C17H20N4S. The van der Waals surface area contributed by atoms with Crippen molar-refractivity contribution < 1.29 is 0 Å². The summed E-state index contributed by atoms with van der Waals surface area (Å²) >= 11 is 1.72. The maximum absolute atomic E-state index is 4.67. The van der Waals surface area contributed by atoms with Crippen molar-refractivity contribution in [1.82, 2.24) is 15.2 Å². The Hall–Kier alpha value is -1.59. The van der Waals surface area contributed by atoms with Crippen molar-refractivity contribution in [3.05, 3.63) is 36.2 Å². The van der Waals surface area contributed by atoms with Crippen LogP contribution in [0, 0.1) is 5.92 Å². The van der Waals surface area contributed by atoms with E-state index in [9.17, 15) is 0 Å². The maximum atomic E-state index is 4.67. The summed E-state index contributed by atoms with van der Waals surface area (Å²) in [6.07, 6.45) is 6.15. The van der Waals surface area contributed by atoms with Gasteiger partial charge in [0.05, 0.1) is 15.8 Å². The van der Waals surface area contributed by atoms with Gasteiger partial charge in [-0.15, -0.1) is 0 Å². The number of aromatic nitrogens is 1. The Morgan fingerprint density at radius 2 is 2.14 bits per heavy atom. The number of hydrogen-bond acceptors (Lipinski definition) is 5. The molecule has 0 unspecified atom stereocenters. The summed E-state index contributed by atoms with van der Waals surface area (Å²) in [5, 5.41) is 8.29. The van der Waals surface area contributed by atoms with Gasteiger partial charge in [-0.3, -0.25) is 0 Å². The summed E-state index contributed by atoms with van der Waals surface area (Å²) in [5.74, 6) is 1.97. The first-order valence-electron chi connectivity index (χ1n) is 8.14. The first kappa shape index (κ1) is 12.9. The monoisotopic (exact) mass is 312 g/mol. The van der Waals surface area contributed by atoms with Gasteiger partial charge in [0.1, 0.15) is 5.82 Å². The highest BCUT2D eigenvalue weighted by molar-refractivity contribution is 7.22.